The van der Waals surface area contributed by atoms with Crippen LogP contribution in [0.4, 0.5) is 17.1 Å². The SMILES string of the molecule is Cc1ccc(N(c2ccc3c(c2)oc2cc4c(cc23)oc2ccc3ccccc3c24)c2ccc3c(c2)oc2cc4c(cc23)oc2ccc3ccccc3c24)c(C)c1. The van der Waals surface area contributed by atoms with Crippen molar-refractivity contribution in [2.75, 3.05) is 4.90 Å². The summed E-state index contributed by atoms with van der Waals surface area (Å²) >= 11 is 0. The van der Waals surface area contributed by atoms with Crippen LogP contribution in [0.15, 0.2) is 169 Å². The molecule has 5 nitrogen and oxygen atoms in total. The first-order valence-electron chi connectivity index (χ1n) is 19.3. The molecule has 0 aliphatic carbocycles. The quantitative estimate of drug-likeness (QED) is 0.181. The molecule has 4 aromatic heterocycles. The Bertz CT molecular complexity index is 3630. The normalized spacial score (nSPS) is 12.4. The smallest absolute Gasteiger partial charge is 0.137 e. The van der Waals surface area contributed by atoms with Crippen molar-refractivity contribution in [3.05, 3.63) is 163 Å². The average Bonchev–Trinajstić information content (AvgIpc) is 3.99. The highest BCUT2D eigenvalue weighted by Crippen LogP contribution is 2.45. The maximum atomic E-state index is 6.70. The molecule has 0 saturated carbocycles. The summed E-state index contributed by atoms with van der Waals surface area (Å²) in [6.45, 7) is 4.30. The molecule has 57 heavy (non-hydrogen) atoms. The number of hydrogen-bond acceptors (Lipinski definition) is 5. The Morgan fingerprint density at radius 2 is 0.789 bits per heavy atom. The van der Waals surface area contributed by atoms with Gasteiger partial charge in [0.15, 0.2) is 0 Å². The van der Waals surface area contributed by atoms with Gasteiger partial charge in [-0.1, -0.05) is 78.4 Å². The van der Waals surface area contributed by atoms with Crippen molar-refractivity contribution in [1.29, 1.82) is 0 Å². The van der Waals surface area contributed by atoms with E-state index in [2.05, 4.69) is 170 Å². The van der Waals surface area contributed by atoms with Gasteiger partial charge >= 0.3 is 0 Å². The largest absolute Gasteiger partial charge is 0.456 e. The number of nitrogens with zero attached hydrogens (tertiary/aromatic N) is 1. The first-order chi connectivity index (χ1) is 28.0. The number of hydrogen-bond donors (Lipinski definition) is 0. The number of aryl methyl sites for hydroxylation is 2. The van der Waals surface area contributed by atoms with Gasteiger partial charge < -0.3 is 22.6 Å². The average molecular weight is 734 g/mol. The molecule has 0 fully saturated rings. The second kappa shape index (κ2) is 11.1. The third-order valence-corrected chi connectivity index (χ3v) is 12.0. The van der Waals surface area contributed by atoms with Crippen LogP contribution in [0, 0.1) is 13.8 Å². The highest BCUT2D eigenvalue weighted by atomic mass is 16.3. The minimum absolute atomic E-state index is 0.811. The van der Waals surface area contributed by atoms with Crippen LogP contribution in [0.5, 0.6) is 0 Å². The van der Waals surface area contributed by atoms with Crippen LogP contribution >= 0.6 is 0 Å². The fourth-order valence-electron chi connectivity index (χ4n) is 9.37. The summed E-state index contributed by atoms with van der Waals surface area (Å²) in [4.78, 5) is 2.30. The van der Waals surface area contributed by atoms with Gasteiger partial charge in [-0.3, -0.25) is 0 Å². The Hall–Kier alpha value is -7.50. The Morgan fingerprint density at radius 3 is 1.32 bits per heavy atom. The summed E-state index contributed by atoms with van der Waals surface area (Å²) in [6, 6.07) is 53.4. The molecule has 0 radical (unpaired) electrons. The maximum Gasteiger partial charge on any atom is 0.137 e. The van der Waals surface area contributed by atoms with E-state index in [0.717, 1.165) is 105 Å². The monoisotopic (exact) mass is 733 g/mol. The van der Waals surface area contributed by atoms with Crippen molar-refractivity contribution in [3.63, 3.8) is 0 Å². The van der Waals surface area contributed by atoms with Crippen LogP contribution in [-0.4, -0.2) is 0 Å². The summed E-state index contributed by atoms with van der Waals surface area (Å²) in [7, 11) is 0. The summed E-state index contributed by atoms with van der Waals surface area (Å²) in [5.74, 6) is 0. The minimum Gasteiger partial charge on any atom is -0.456 e. The van der Waals surface area contributed by atoms with E-state index in [-0.39, 0.29) is 0 Å². The van der Waals surface area contributed by atoms with Crippen molar-refractivity contribution >= 4 is 126 Å². The van der Waals surface area contributed by atoms with Crippen molar-refractivity contribution in [2.45, 2.75) is 13.8 Å². The molecule has 0 unspecified atom stereocenters. The molecule has 0 aliphatic heterocycles. The van der Waals surface area contributed by atoms with Crippen molar-refractivity contribution in [3.8, 4) is 0 Å². The standard InChI is InChI=1S/C52H31NO4/c1-28-11-18-42(29(2)21-28)53(32-14-16-36-38-24-49-40(26-47(38)56-45(36)22-32)51-34-9-5-3-7-30(34)12-19-43(51)54-49)33-15-17-37-39-25-50-41(27-48(39)57-46(37)23-33)52-35-10-6-4-8-31(35)13-20-44(52)55-50/h3-27H,1-2H3. The fraction of sp³-hybridized carbons (Fsp3) is 0.0385. The van der Waals surface area contributed by atoms with Gasteiger partial charge in [0.2, 0.25) is 0 Å². The lowest BCUT2D eigenvalue weighted by atomic mass is 10.0. The van der Waals surface area contributed by atoms with Crippen LogP contribution in [0.1, 0.15) is 11.1 Å². The van der Waals surface area contributed by atoms with E-state index < -0.39 is 0 Å². The fourth-order valence-corrected chi connectivity index (χ4v) is 9.37. The molecule has 13 rings (SSSR count). The molecule has 5 heteroatoms. The van der Waals surface area contributed by atoms with Crippen LogP contribution in [0.2, 0.25) is 0 Å². The molecule has 0 amide bonds. The van der Waals surface area contributed by atoms with E-state index in [1.54, 1.807) is 0 Å². The van der Waals surface area contributed by atoms with Gasteiger partial charge in [-0.2, -0.15) is 0 Å². The Labute approximate surface area is 324 Å². The zero-order chi connectivity index (χ0) is 37.5. The summed E-state index contributed by atoms with van der Waals surface area (Å²) in [5, 5.41) is 13.2. The molecule has 0 spiro atoms. The van der Waals surface area contributed by atoms with Crippen molar-refractivity contribution < 1.29 is 17.7 Å². The molecular weight excluding hydrogens is 703 g/mol. The van der Waals surface area contributed by atoms with Crippen LogP contribution in [-0.2, 0) is 0 Å². The highest BCUT2D eigenvalue weighted by Gasteiger charge is 2.21. The van der Waals surface area contributed by atoms with E-state index in [1.807, 2.05) is 0 Å². The Kier molecular flexibility index (Phi) is 5.97. The lowest BCUT2D eigenvalue weighted by Crippen LogP contribution is -2.11. The summed E-state index contributed by atoms with van der Waals surface area (Å²) in [5.41, 5.74) is 12.2. The zero-order valence-electron chi connectivity index (χ0n) is 31.0. The second-order valence-electron chi connectivity index (χ2n) is 15.4. The summed E-state index contributed by atoms with van der Waals surface area (Å²) in [6.07, 6.45) is 0. The van der Waals surface area contributed by atoms with Gasteiger partial charge in [-0.05, 0) is 108 Å². The van der Waals surface area contributed by atoms with E-state index in [4.69, 9.17) is 17.7 Å². The van der Waals surface area contributed by atoms with Crippen LogP contribution in [0.25, 0.3) is 109 Å². The van der Waals surface area contributed by atoms with Gasteiger partial charge in [0, 0.05) is 72.3 Å². The van der Waals surface area contributed by atoms with Crippen LogP contribution in [0.3, 0.4) is 0 Å². The van der Waals surface area contributed by atoms with Gasteiger partial charge in [-0.25, -0.2) is 0 Å². The van der Waals surface area contributed by atoms with E-state index >= 15 is 0 Å². The summed E-state index contributed by atoms with van der Waals surface area (Å²) < 4.78 is 26.3. The van der Waals surface area contributed by atoms with Crippen molar-refractivity contribution in [2.24, 2.45) is 0 Å². The lowest BCUT2D eigenvalue weighted by Gasteiger charge is -2.27. The van der Waals surface area contributed by atoms with Crippen LogP contribution < -0.4 is 4.90 Å². The van der Waals surface area contributed by atoms with E-state index in [9.17, 15) is 0 Å². The molecule has 9 aromatic carbocycles. The zero-order valence-corrected chi connectivity index (χ0v) is 31.0. The van der Waals surface area contributed by atoms with Gasteiger partial charge in [0.1, 0.15) is 44.7 Å². The predicted octanol–water partition coefficient (Wildman–Crippen LogP) is 15.7. The molecule has 0 N–H and O–H groups in total. The first-order valence-corrected chi connectivity index (χ1v) is 19.3. The number of furan rings is 4. The molecule has 268 valence electrons. The van der Waals surface area contributed by atoms with E-state index in [1.165, 1.54) is 32.7 Å². The topological polar surface area (TPSA) is 55.8 Å². The molecule has 0 bridgehead atoms. The molecule has 0 saturated heterocycles. The molecular formula is C52H31NO4. The first kappa shape index (κ1) is 30.8. The van der Waals surface area contributed by atoms with Crippen molar-refractivity contribution in [1.82, 2.24) is 0 Å². The Morgan fingerprint density at radius 1 is 0.333 bits per heavy atom. The van der Waals surface area contributed by atoms with Gasteiger partial charge in [0.25, 0.3) is 0 Å². The predicted molar refractivity (Wildman–Crippen MR) is 235 cm³/mol. The number of fused-ring (bicyclic) bond motifs is 16. The van der Waals surface area contributed by atoms with E-state index in [0.29, 0.717) is 0 Å². The molecule has 13 aromatic rings. The van der Waals surface area contributed by atoms with Gasteiger partial charge in [0.05, 0.1) is 0 Å². The highest BCUT2D eigenvalue weighted by molar-refractivity contribution is 6.23. The molecule has 0 aliphatic rings. The lowest BCUT2D eigenvalue weighted by molar-refractivity contribution is 0.664. The number of benzene rings is 9. The second-order valence-corrected chi connectivity index (χ2v) is 15.4. The number of anilines is 3. The Balaban J connectivity index is 0.984. The van der Waals surface area contributed by atoms with Gasteiger partial charge in [-0.15, -0.1) is 0 Å². The number of rotatable bonds is 3. The maximum absolute atomic E-state index is 6.70. The molecule has 4 heterocycles. The molecule has 0 atom stereocenters. The third-order valence-electron chi connectivity index (χ3n) is 12.0. The third kappa shape index (κ3) is 4.34. The minimum atomic E-state index is 0.811.